The fourth-order valence-electron chi connectivity index (χ4n) is 2.24. The molecule has 130 valence electrons. The number of nitrogens with one attached hydrogen (secondary N) is 2. The highest BCUT2D eigenvalue weighted by Crippen LogP contribution is 2.29. The number of rotatable bonds is 3. The third-order valence-electron chi connectivity index (χ3n) is 3.25. The van der Waals surface area contributed by atoms with Gasteiger partial charge in [-0.3, -0.25) is 10.1 Å². The van der Waals surface area contributed by atoms with Gasteiger partial charge in [-0.2, -0.15) is 0 Å². The van der Waals surface area contributed by atoms with Gasteiger partial charge in [0, 0.05) is 5.56 Å². The molecule has 0 saturated heterocycles. The Labute approximate surface area is 159 Å². The van der Waals surface area contributed by atoms with E-state index in [4.69, 9.17) is 40.5 Å². The van der Waals surface area contributed by atoms with E-state index in [1.54, 1.807) is 12.1 Å². The van der Waals surface area contributed by atoms with Crippen molar-refractivity contribution in [3.05, 3.63) is 62.6 Å². The molecule has 0 unspecified atom stereocenters. The Morgan fingerprint density at radius 2 is 1.60 bits per heavy atom. The molecule has 1 amide bonds. The van der Waals surface area contributed by atoms with Crippen molar-refractivity contribution in [3.8, 4) is 0 Å². The van der Waals surface area contributed by atoms with Gasteiger partial charge in [0.15, 0.2) is 5.11 Å². The van der Waals surface area contributed by atoms with Crippen molar-refractivity contribution in [2.75, 3.05) is 5.32 Å². The maximum atomic E-state index is 12.3. The highest BCUT2D eigenvalue weighted by atomic mass is 35.5. The molecule has 5 nitrogen and oxygen atoms in total. The molecule has 8 heteroatoms. The summed E-state index contributed by atoms with van der Waals surface area (Å²) in [5.74, 6) is -1.58. The van der Waals surface area contributed by atoms with Crippen LogP contribution >= 0.6 is 35.4 Å². The molecule has 2 aromatic rings. The summed E-state index contributed by atoms with van der Waals surface area (Å²) in [6.45, 7) is 3.78. The number of hydrogen-bond donors (Lipinski definition) is 3. The maximum absolute atomic E-state index is 12.3. The van der Waals surface area contributed by atoms with Gasteiger partial charge in [-0.15, -0.1) is 0 Å². The molecule has 2 aromatic carbocycles. The number of benzene rings is 2. The highest BCUT2D eigenvalue weighted by Gasteiger charge is 2.15. The van der Waals surface area contributed by atoms with Crippen molar-refractivity contribution < 1.29 is 14.7 Å². The quantitative estimate of drug-likeness (QED) is 0.668. The number of aromatic carboxylic acids is 1. The van der Waals surface area contributed by atoms with Gasteiger partial charge in [-0.25, -0.2) is 4.79 Å². The van der Waals surface area contributed by atoms with Crippen LogP contribution in [-0.2, 0) is 0 Å². The molecule has 0 atom stereocenters. The van der Waals surface area contributed by atoms with Crippen molar-refractivity contribution in [2.24, 2.45) is 0 Å². The van der Waals surface area contributed by atoms with E-state index in [9.17, 15) is 9.59 Å². The van der Waals surface area contributed by atoms with Gasteiger partial charge in [-0.05, 0) is 50.3 Å². The van der Waals surface area contributed by atoms with Gasteiger partial charge < -0.3 is 10.4 Å². The molecular formula is C17H14Cl2N2O3S. The van der Waals surface area contributed by atoms with E-state index in [1.165, 1.54) is 12.1 Å². The predicted octanol–water partition coefficient (Wildman–Crippen LogP) is 4.44. The van der Waals surface area contributed by atoms with Gasteiger partial charge in [-0.1, -0.05) is 40.4 Å². The number of thiocarbonyl (C=S) groups is 1. The van der Waals surface area contributed by atoms with Gasteiger partial charge in [0.1, 0.15) is 0 Å². The summed E-state index contributed by atoms with van der Waals surface area (Å²) in [6, 6.07) is 7.98. The second-order valence-corrected chi connectivity index (χ2v) is 6.62. The zero-order valence-corrected chi connectivity index (χ0v) is 15.6. The first-order valence-corrected chi connectivity index (χ1v) is 8.26. The summed E-state index contributed by atoms with van der Waals surface area (Å²) in [7, 11) is 0. The van der Waals surface area contributed by atoms with E-state index in [2.05, 4.69) is 10.6 Å². The second kappa shape index (κ2) is 7.82. The third-order valence-corrected chi connectivity index (χ3v) is 4.08. The normalized spacial score (nSPS) is 10.2. The molecule has 0 saturated carbocycles. The zero-order valence-electron chi connectivity index (χ0n) is 13.3. The molecule has 0 aliphatic rings. The van der Waals surface area contributed by atoms with E-state index < -0.39 is 5.97 Å². The smallest absolute Gasteiger partial charge is 0.337 e. The van der Waals surface area contributed by atoms with Crippen LogP contribution < -0.4 is 10.6 Å². The molecule has 0 heterocycles. The van der Waals surface area contributed by atoms with Crippen LogP contribution in [0.5, 0.6) is 0 Å². The molecule has 0 spiro atoms. The molecule has 0 aliphatic heterocycles. The largest absolute Gasteiger partial charge is 0.478 e. The molecule has 0 bridgehead atoms. The van der Waals surface area contributed by atoms with Crippen molar-refractivity contribution in [2.45, 2.75) is 13.8 Å². The number of aryl methyl sites for hydroxylation is 2. The molecule has 2 rings (SSSR count). The minimum absolute atomic E-state index is 0.00763. The van der Waals surface area contributed by atoms with Gasteiger partial charge in [0.2, 0.25) is 0 Å². The Morgan fingerprint density at radius 1 is 1.00 bits per heavy atom. The molecule has 0 aromatic heterocycles. The zero-order chi connectivity index (χ0) is 18.7. The standard InChI is InChI=1S/C17H14Cl2N2O3S/c1-8-3-9(2)5-10(4-8)15(22)21-17(25)20-14-6-11(16(23)24)12(18)7-13(14)19/h3-7H,1-2H3,(H,23,24)(H2,20,21,22,25). The van der Waals surface area contributed by atoms with Crippen LogP contribution in [0.15, 0.2) is 30.3 Å². The molecule has 25 heavy (non-hydrogen) atoms. The third kappa shape index (κ3) is 4.92. The summed E-state index contributed by atoms with van der Waals surface area (Å²) in [6.07, 6.45) is 0. The number of hydrogen-bond acceptors (Lipinski definition) is 3. The van der Waals surface area contributed by atoms with Crippen molar-refractivity contribution in [1.29, 1.82) is 0 Å². The SMILES string of the molecule is Cc1cc(C)cc(C(=O)NC(=S)Nc2cc(C(=O)O)c(Cl)cc2Cl)c1. The van der Waals surface area contributed by atoms with Gasteiger partial charge >= 0.3 is 5.97 Å². The lowest BCUT2D eigenvalue weighted by atomic mass is 10.1. The lowest BCUT2D eigenvalue weighted by Crippen LogP contribution is -2.34. The Balaban J connectivity index is 2.16. The van der Waals surface area contributed by atoms with Crippen LogP contribution in [0.25, 0.3) is 0 Å². The number of carbonyl (C=O) groups is 2. The molecule has 0 radical (unpaired) electrons. The number of anilines is 1. The highest BCUT2D eigenvalue weighted by molar-refractivity contribution is 7.80. The minimum atomic E-state index is -1.20. The van der Waals surface area contributed by atoms with Gasteiger partial charge in [0.05, 0.1) is 21.3 Å². The summed E-state index contributed by atoms with van der Waals surface area (Å²) in [4.78, 5) is 23.4. The van der Waals surface area contributed by atoms with E-state index in [-0.39, 0.29) is 32.3 Å². The summed E-state index contributed by atoms with van der Waals surface area (Å²) in [5, 5.41) is 14.5. The average Bonchev–Trinajstić information content (AvgIpc) is 2.48. The van der Waals surface area contributed by atoms with Crippen LogP contribution in [0.4, 0.5) is 5.69 Å². The first-order chi connectivity index (χ1) is 11.7. The van der Waals surface area contributed by atoms with Crippen LogP contribution in [0.2, 0.25) is 10.0 Å². The number of carboxylic acid groups (broad SMARTS) is 1. The number of carbonyl (C=O) groups excluding carboxylic acids is 1. The monoisotopic (exact) mass is 396 g/mol. The fraction of sp³-hybridized carbons (Fsp3) is 0.118. The second-order valence-electron chi connectivity index (χ2n) is 5.40. The lowest BCUT2D eigenvalue weighted by molar-refractivity contribution is 0.0697. The molecule has 0 fully saturated rings. The first kappa shape index (κ1) is 19.2. The van der Waals surface area contributed by atoms with Gasteiger partial charge in [0.25, 0.3) is 5.91 Å². The number of halogens is 2. The number of carboxylic acids is 1. The predicted molar refractivity (Wildman–Crippen MR) is 103 cm³/mol. The minimum Gasteiger partial charge on any atom is -0.478 e. The average molecular weight is 397 g/mol. The lowest BCUT2D eigenvalue weighted by Gasteiger charge is -2.13. The summed E-state index contributed by atoms with van der Waals surface area (Å²) in [5.41, 5.74) is 2.48. The van der Waals surface area contributed by atoms with E-state index in [0.717, 1.165) is 11.1 Å². The Kier molecular flexibility index (Phi) is 6.00. The first-order valence-electron chi connectivity index (χ1n) is 7.10. The summed E-state index contributed by atoms with van der Waals surface area (Å²) >= 11 is 17.0. The van der Waals surface area contributed by atoms with Crippen molar-refractivity contribution in [3.63, 3.8) is 0 Å². The Morgan fingerprint density at radius 3 is 2.16 bits per heavy atom. The van der Waals surface area contributed by atoms with Crippen LogP contribution in [0, 0.1) is 13.8 Å². The van der Waals surface area contributed by atoms with E-state index in [0.29, 0.717) is 5.56 Å². The van der Waals surface area contributed by atoms with Crippen molar-refractivity contribution >= 4 is 58.1 Å². The fourth-order valence-corrected chi connectivity index (χ4v) is 2.96. The Bertz CT molecular complexity index is 864. The maximum Gasteiger partial charge on any atom is 0.337 e. The topological polar surface area (TPSA) is 78.4 Å². The van der Waals surface area contributed by atoms with Crippen LogP contribution in [-0.4, -0.2) is 22.1 Å². The summed E-state index contributed by atoms with van der Waals surface area (Å²) < 4.78 is 0. The van der Waals surface area contributed by atoms with E-state index in [1.807, 2.05) is 19.9 Å². The number of amides is 1. The Hall–Kier alpha value is -2.15. The molecule has 3 N–H and O–H groups in total. The van der Waals surface area contributed by atoms with Crippen LogP contribution in [0.1, 0.15) is 31.8 Å². The molecule has 0 aliphatic carbocycles. The molecular weight excluding hydrogens is 383 g/mol. The van der Waals surface area contributed by atoms with E-state index >= 15 is 0 Å². The van der Waals surface area contributed by atoms with Crippen LogP contribution in [0.3, 0.4) is 0 Å². The van der Waals surface area contributed by atoms with Crippen molar-refractivity contribution in [1.82, 2.24) is 5.32 Å².